The third-order valence-corrected chi connectivity index (χ3v) is 8.28. The quantitative estimate of drug-likeness (QED) is 0.0873. The molecule has 4 aliphatic rings. The van der Waals surface area contributed by atoms with Gasteiger partial charge < -0.3 is 30.8 Å². The van der Waals surface area contributed by atoms with Crippen LogP contribution in [0, 0.1) is 10.4 Å². The van der Waals surface area contributed by atoms with Crippen molar-refractivity contribution in [3.05, 3.63) is 106 Å². The molecule has 212 valence electrons. The Bertz CT molecular complexity index is 2470. The maximum atomic E-state index is 13.6. The Morgan fingerprint density at radius 2 is 1.71 bits per heavy atom. The van der Waals surface area contributed by atoms with Crippen LogP contribution in [-0.2, 0) is 11.8 Å². The van der Waals surface area contributed by atoms with E-state index in [1.54, 1.807) is 0 Å². The standard InChI is InChI=1S/C27H17ClN4O9S/c1-41-11-5-10(33)13-14(19(11)34)21(36)16-15(20(13)35)23(38)27(24(16)39)3-2-8-17(27)22(37)12-9(18(8)28)4-7(31-25(12)40)6-30-32-26(29)42/h4-6,37-39H,2-3H2,1H3,(H,31,40)(H3,29,32,42)/t27-/m0/s1. The van der Waals surface area contributed by atoms with Crippen molar-refractivity contribution >= 4 is 57.4 Å². The third kappa shape index (κ3) is 3.27. The number of aromatic hydroxyl groups is 1. The van der Waals surface area contributed by atoms with Gasteiger partial charge in [-0.2, -0.15) is 5.10 Å². The molecule has 1 aromatic carbocycles. The molecule has 2 aromatic rings. The summed E-state index contributed by atoms with van der Waals surface area (Å²) in [7, 11) is 1.10. The number of rotatable bonds is 3. The molecule has 0 saturated carbocycles. The van der Waals surface area contributed by atoms with Gasteiger partial charge in [0.1, 0.15) is 22.7 Å². The predicted molar refractivity (Wildman–Crippen MR) is 156 cm³/mol. The zero-order valence-corrected chi connectivity index (χ0v) is 22.8. The van der Waals surface area contributed by atoms with Crippen LogP contribution >= 0.6 is 23.8 Å². The molecule has 0 bridgehead atoms. The first-order valence-electron chi connectivity index (χ1n) is 12.1. The highest BCUT2D eigenvalue weighted by molar-refractivity contribution is 7.80. The average Bonchev–Trinajstić information content (AvgIpc) is 3.44. The second kappa shape index (κ2) is 8.96. The zero-order chi connectivity index (χ0) is 30.4. The van der Waals surface area contributed by atoms with Crippen molar-refractivity contribution in [1.82, 2.24) is 10.4 Å². The first kappa shape index (κ1) is 27.1. The van der Waals surface area contributed by atoms with Crippen molar-refractivity contribution in [3.8, 4) is 11.5 Å². The summed E-state index contributed by atoms with van der Waals surface area (Å²) in [6, 6.07) is 2.18. The number of pyridine rings is 1. The molecule has 0 saturated heterocycles. The molecule has 0 amide bonds. The lowest BCUT2D eigenvalue weighted by Gasteiger charge is -2.27. The number of methoxy groups -OCH3 is 1. The van der Waals surface area contributed by atoms with Gasteiger partial charge in [0.05, 0.1) is 50.3 Å². The van der Waals surface area contributed by atoms with Crippen LogP contribution in [0.3, 0.4) is 0 Å². The van der Waals surface area contributed by atoms with Gasteiger partial charge in [-0.3, -0.25) is 29.4 Å². The number of aromatic amines is 1. The lowest BCUT2D eigenvalue weighted by atomic mass is 9.78. The highest BCUT2D eigenvalue weighted by Crippen LogP contribution is 2.56. The fourth-order valence-electron chi connectivity index (χ4n) is 6.05. The van der Waals surface area contributed by atoms with Gasteiger partial charge in [-0.1, -0.05) is 11.6 Å². The first-order chi connectivity index (χ1) is 19.9. The molecule has 1 heterocycles. The number of aliphatic hydroxyl groups is 2. The Morgan fingerprint density at radius 3 is 2.33 bits per heavy atom. The number of phenolic OH excluding ortho intramolecular Hbond substituents is 1. The summed E-state index contributed by atoms with van der Waals surface area (Å²) in [5, 5.41) is 35.0. The lowest BCUT2D eigenvalue weighted by Crippen LogP contribution is -2.51. The van der Waals surface area contributed by atoms with Gasteiger partial charge in [-0.05, 0) is 36.7 Å². The molecule has 6 rings (SSSR count). The number of hydrogen-bond donors (Lipinski definition) is 6. The number of thiocarbonyl (C=S) groups is 1. The number of H-pyrrole nitrogens is 1. The molecular formula is C27H17ClN4O9S. The molecule has 1 atom stereocenters. The molecular weight excluding hydrogens is 592 g/mol. The minimum atomic E-state index is -2.07. The highest BCUT2D eigenvalue weighted by atomic mass is 35.5. The van der Waals surface area contributed by atoms with Gasteiger partial charge in [0.2, 0.25) is 16.3 Å². The van der Waals surface area contributed by atoms with Crippen LogP contribution in [0.1, 0.15) is 23.2 Å². The van der Waals surface area contributed by atoms with E-state index >= 15 is 0 Å². The Kier molecular flexibility index (Phi) is 5.78. The lowest BCUT2D eigenvalue weighted by molar-refractivity contribution is 0.362. The van der Waals surface area contributed by atoms with Crippen LogP contribution in [0.2, 0.25) is 5.02 Å². The average molecular weight is 609 g/mol. The number of aromatic nitrogens is 1. The number of aliphatic hydroxyl groups excluding tert-OH is 2. The number of benzene rings is 1. The molecule has 13 nitrogen and oxygen atoms in total. The van der Waals surface area contributed by atoms with Crippen molar-refractivity contribution in [2.75, 3.05) is 7.11 Å². The van der Waals surface area contributed by atoms with Gasteiger partial charge in [-0.25, -0.2) is 0 Å². The maximum Gasteiger partial charge on any atom is 0.260 e. The van der Waals surface area contributed by atoms with Crippen molar-refractivity contribution < 1.29 is 20.1 Å². The summed E-state index contributed by atoms with van der Waals surface area (Å²) < 4.78 is 4.88. The predicted octanol–water partition coefficient (Wildman–Crippen LogP) is -1.67. The monoisotopic (exact) mass is 608 g/mol. The molecule has 1 spiro atoms. The fraction of sp³-hybridized carbons (Fsp3) is 0.148. The summed E-state index contributed by atoms with van der Waals surface area (Å²) in [5.74, 6) is -2.80. The molecule has 7 N–H and O–H groups in total. The second-order valence-electron chi connectivity index (χ2n) is 9.76. The van der Waals surface area contributed by atoms with Crippen LogP contribution in [-0.4, -0.2) is 38.7 Å². The summed E-state index contributed by atoms with van der Waals surface area (Å²) in [6.07, 6.45) is 1.04. The molecule has 15 heteroatoms. The van der Waals surface area contributed by atoms with Crippen LogP contribution < -0.4 is 53.6 Å². The van der Waals surface area contributed by atoms with E-state index in [0.717, 1.165) is 13.2 Å². The molecule has 0 unspecified atom stereocenters. The zero-order valence-electron chi connectivity index (χ0n) is 21.2. The van der Waals surface area contributed by atoms with E-state index < -0.39 is 76.6 Å². The first-order valence-corrected chi connectivity index (χ1v) is 12.9. The van der Waals surface area contributed by atoms with E-state index in [1.165, 1.54) is 12.3 Å². The van der Waals surface area contributed by atoms with Crippen molar-refractivity contribution in [2.45, 2.75) is 18.3 Å². The fourth-order valence-corrected chi connectivity index (χ4v) is 6.44. The molecule has 0 aliphatic heterocycles. The maximum absolute atomic E-state index is 13.6. The van der Waals surface area contributed by atoms with E-state index in [-0.39, 0.29) is 50.6 Å². The van der Waals surface area contributed by atoms with E-state index in [1.807, 2.05) is 0 Å². The molecule has 0 fully saturated rings. The number of nitrogens with two attached hydrogens (primary N) is 1. The normalized spacial score (nSPS) is 17.5. The number of hydrazone groups is 1. The van der Waals surface area contributed by atoms with Gasteiger partial charge in [0, 0.05) is 17.0 Å². The summed E-state index contributed by atoms with van der Waals surface area (Å²) in [4.78, 5) is 68.4. The van der Waals surface area contributed by atoms with Crippen LogP contribution in [0.5, 0.6) is 11.5 Å². The third-order valence-electron chi connectivity index (χ3n) is 7.76. The number of halogens is 1. The van der Waals surface area contributed by atoms with Gasteiger partial charge in [-0.15, -0.1) is 0 Å². The topological polar surface area (TPSA) is 221 Å². The van der Waals surface area contributed by atoms with E-state index in [0.29, 0.717) is 0 Å². The Balaban J connectivity index is 1.74. The minimum Gasteiger partial charge on any atom is -0.510 e. The number of phenols is 1. The minimum absolute atomic E-state index is 0.00225. The van der Waals surface area contributed by atoms with E-state index in [2.05, 4.69) is 27.7 Å². The molecule has 1 aromatic heterocycles. The van der Waals surface area contributed by atoms with E-state index in [9.17, 15) is 39.3 Å². The number of fused-ring (bicyclic) bond motifs is 4. The number of ether oxygens (including phenoxy) is 1. The molecule has 42 heavy (non-hydrogen) atoms. The Labute approximate surface area is 241 Å². The molecule has 4 aliphatic carbocycles. The van der Waals surface area contributed by atoms with Crippen molar-refractivity contribution in [2.24, 2.45) is 10.8 Å². The van der Waals surface area contributed by atoms with Gasteiger partial charge in [0.25, 0.3) is 5.56 Å². The van der Waals surface area contributed by atoms with Crippen molar-refractivity contribution in [1.29, 1.82) is 0 Å². The summed E-state index contributed by atoms with van der Waals surface area (Å²) in [5.41, 5.74) is 0.610. The van der Waals surface area contributed by atoms with Crippen LogP contribution in [0.4, 0.5) is 0 Å². The summed E-state index contributed by atoms with van der Waals surface area (Å²) >= 11 is 11.4. The number of nitrogens with zero attached hydrogens (tertiary/aromatic N) is 1. The van der Waals surface area contributed by atoms with E-state index in [4.69, 9.17) is 22.1 Å². The largest absolute Gasteiger partial charge is 0.510 e. The van der Waals surface area contributed by atoms with Crippen LogP contribution in [0.15, 0.2) is 41.2 Å². The van der Waals surface area contributed by atoms with Gasteiger partial charge in [0.15, 0.2) is 16.3 Å². The van der Waals surface area contributed by atoms with Crippen LogP contribution in [0.25, 0.3) is 22.3 Å². The molecule has 0 radical (unpaired) electrons. The smallest absolute Gasteiger partial charge is 0.260 e. The number of hydrogen-bond acceptors (Lipinski definition) is 11. The Morgan fingerprint density at radius 1 is 1.07 bits per heavy atom. The Hall–Kier alpha value is -5.08. The second-order valence-corrected chi connectivity index (χ2v) is 10.6. The SMILES string of the molecule is COc1cc(=O)c2c(=O)c3c(c(=O)c=2c1=O)=C(O)[C@]1(CCc2c1c(O)c1c(=O)[nH]c(C=NNC(N)=S)cc1c2Cl)C=3O. The van der Waals surface area contributed by atoms with Crippen molar-refractivity contribution in [3.63, 3.8) is 0 Å². The summed E-state index contributed by atoms with van der Waals surface area (Å²) in [6.45, 7) is 0. The van der Waals surface area contributed by atoms with Gasteiger partial charge >= 0.3 is 0 Å². The number of nitrogens with one attached hydrogen (secondary N) is 2. The highest BCUT2D eigenvalue weighted by Gasteiger charge is 2.53.